The van der Waals surface area contributed by atoms with Gasteiger partial charge in [0.25, 0.3) is 5.91 Å². The summed E-state index contributed by atoms with van der Waals surface area (Å²) in [5.74, 6) is -1.29. The number of fused-ring (bicyclic) bond motifs is 1. The van der Waals surface area contributed by atoms with Crippen molar-refractivity contribution in [3.05, 3.63) is 87.0 Å². The molecule has 172 valence electrons. The molecule has 1 amide bonds. The molecule has 0 saturated heterocycles. The highest BCUT2D eigenvalue weighted by Gasteiger charge is 2.46. The van der Waals surface area contributed by atoms with E-state index in [0.717, 1.165) is 0 Å². The van der Waals surface area contributed by atoms with Crippen LogP contribution in [0, 0.1) is 6.92 Å². The lowest BCUT2D eigenvalue weighted by molar-refractivity contribution is -0.117. The average molecular weight is 499 g/mol. The van der Waals surface area contributed by atoms with Gasteiger partial charge in [0.15, 0.2) is 28.7 Å². The zero-order chi connectivity index (χ0) is 24.1. The van der Waals surface area contributed by atoms with Gasteiger partial charge in [0.2, 0.25) is 5.78 Å². The monoisotopic (exact) mass is 498 g/mol. The van der Waals surface area contributed by atoms with E-state index in [1.165, 1.54) is 30.2 Å². The van der Waals surface area contributed by atoms with Gasteiger partial charge in [0.1, 0.15) is 5.76 Å². The van der Waals surface area contributed by atoms with Gasteiger partial charge in [-0.3, -0.25) is 14.5 Å². The van der Waals surface area contributed by atoms with Crippen molar-refractivity contribution >= 4 is 51.7 Å². The first kappa shape index (κ1) is 22.1. The van der Waals surface area contributed by atoms with Crippen LogP contribution in [0.5, 0.6) is 5.75 Å². The predicted molar refractivity (Wildman–Crippen MR) is 125 cm³/mol. The fourth-order valence-electron chi connectivity index (χ4n) is 3.98. The number of aliphatic hydroxyl groups excluding tert-OH is 1. The standard InChI is InChI=1S/C24H16Cl2N2O6/c1-11-8-18(27-34-11)28-20(12-6-7-14(25)15(26)9-12)19(22(30)24(28)31)21(29)17-10-13-4-3-5-16(32-2)23(13)33-17/h3-10,20,30H,1-2H3. The number of nitrogens with zero attached hydrogens (tertiary/aromatic N) is 2. The van der Waals surface area contributed by atoms with Gasteiger partial charge < -0.3 is 18.8 Å². The summed E-state index contributed by atoms with van der Waals surface area (Å²) in [6.07, 6.45) is 0. The lowest BCUT2D eigenvalue weighted by Gasteiger charge is -2.24. The maximum Gasteiger partial charge on any atom is 0.295 e. The number of Topliss-reactive ketones (excluding diaryl/α,β-unsaturated/α-hetero) is 1. The third-order valence-corrected chi connectivity index (χ3v) is 6.27. The topological polar surface area (TPSA) is 106 Å². The van der Waals surface area contributed by atoms with Crippen molar-refractivity contribution in [2.24, 2.45) is 0 Å². The molecule has 0 fully saturated rings. The Labute approximate surface area is 202 Å². The quantitative estimate of drug-likeness (QED) is 0.345. The lowest BCUT2D eigenvalue weighted by atomic mass is 9.95. The van der Waals surface area contributed by atoms with E-state index in [4.69, 9.17) is 36.9 Å². The molecule has 2 aromatic heterocycles. The first-order valence-electron chi connectivity index (χ1n) is 10.1. The fourth-order valence-corrected chi connectivity index (χ4v) is 4.29. The minimum absolute atomic E-state index is 0.0721. The van der Waals surface area contributed by atoms with Gasteiger partial charge >= 0.3 is 0 Å². The molecule has 3 heterocycles. The Kier molecular flexibility index (Phi) is 5.34. The van der Waals surface area contributed by atoms with Gasteiger partial charge in [-0.1, -0.05) is 46.6 Å². The van der Waals surface area contributed by atoms with Gasteiger partial charge in [-0.2, -0.15) is 0 Å². The molecule has 8 nitrogen and oxygen atoms in total. The number of carbonyl (C=O) groups is 2. The number of halogens is 2. The Balaban J connectivity index is 1.67. The molecule has 0 saturated carbocycles. The number of furan rings is 1. The predicted octanol–water partition coefficient (Wildman–Crippen LogP) is 5.83. The third-order valence-electron chi connectivity index (χ3n) is 5.53. The van der Waals surface area contributed by atoms with E-state index in [1.54, 1.807) is 37.3 Å². The highest BCUT2D eigenvalue weighted by molar-refractivity contribution is 6.42. The zero-order valence-corrected chi connectivity index (χ0v) is 19.3. The molecule has 10 heteroatoms. The van der Waals surface area contributed by atoms with Crippen LogP contribution in [0.1, 0.15) is 27.9 Å². The number of amides is 1. The van der Waals surface area contributed by atoms with Crippen LogP contribution in [0.15, 0.2) is 68.8 Å². The summed E-state index contributed by atoms with van der Waals surface area (Å²) in [4.78, 5) is 28.0. The van der Waals surface area contributed by atoms with Crippen molar-refractivity contribution in [1.82, 2.24) is 5.16 Å². The van der Waals surface area contributed by atoms with Crippen LogP contribution in [-0.2, 0) is 4.79 Å². The molecule has 0 bridgehead atoms. The lowest BCUT2D eigenvalue weighted by Crippen LogP contribution is -2.31. The molecule has 1 N–H and O–H groups in total. The molecule has 5 rings (SSSR count). The summed E-state index contributed by atoms with van der Waals surface area (Å²) in [6.45, 7) is 1.66. The normalized spacial score (nSPS) is 16.1. The van der Waals surface area contributed by atoms with Gasteiger partial charge in [-0.25, -0.2) is 0 Å². The van der Waals surface area contributed by atoms with Gasteiger partial charge in [0.05, 0.1) is 28.8 Å². The number of aliphatic hydroxyl groups is 1. The van der Waals surface area contributed by atoms with Crippen LogP contribution < -0.4 is 9.64 Å². The van der Waals surface area contributed by atoms with E-state index in [0.29, 0.717) is 33.1 Å². The van der Waals surface area contributed by atoms with Gasteiger partial charge in [-0.05, 0) is 36.8 Å². The second kappa shape index (κ2) is 8.23. The molecule has 0 spiro atoms. The minimum Gasteiger partial charge on any atom is -0.503 e. The van der Waals surface area contributed by atoms with Crippen LogP contribution in [0.2, 0.25) is 10.0 Å². The zero-order valence-electron chi connectivity index (χ0n) is 17.8. The first-order valence-corrected chi connectivity index (χ1v) is 10.8. The Morgan fingerprint density at radius 1 is 1.15 bits per heavy atom. The number of hydrogen-bond donors (Lipinski definition) is 1. The second-order valence-electron chi connectivity index (χ2n) is 7.63. The van der Waals surface area contributed by atoms with Crippen LogP contribution in [-0.4, -0.2) is 29.1 Å². The van der Waals surface area contributed by atoms with Crippen LogP contribution in [0.4, 0.5) is 5.82 Å². The van der Waals surface area contributed by atoms with Crippen LogP contribution >= 0.6 is 23.2 Å². The third kappa shape index (κ3) is 3.43. The molecule has 34 heavy (non-hydrogen) atoms. The summed E-state index contributed by atoms with van der Waals surface area (Å²) in [5, 5.41) is 15.9. The number of ether oxygens (including phenoxy) is 1. The SMILES string of the molecule is COc1cccc2cc(C(=O)C3=C(O)C(=O)N(c4cc(C)on4)C3c3ccc(Cl)c(Cl)c3)oc12. The second-order valence-corrected chi connectivity index (χ2v) is 8.44. The number of para-hydroxylation sites is 1. The Morgan fingerprint density at radius 2 is 1.94 bits per heavy atom. The van der Waals surface area contributed by atoms with E-state index < -0.39 is 23.5 Å². The smallest absolute Gasteiger partial charge is 0.295 e. The van der Waals surface area contributed by atoms with Gasteiger partial charge in [-0.15, -0.1) is 0 Å². The molecule has 2 aromatic carbocycles. The molecule has 4 aromatic rings. The molecule has 1 atom stereocenters. The van der Waals surface area contributed by atoms with Crippen LogP contribution in [0.3, 0.4) is 0 Å². The number of aryl methyl sites for hydroxylation is 1. The number of carbonyl (C=O) groups excluding carboxylic acids is 2. The van der Waals surface area contributed by atoms with Gasteiger partial charge in [0, 0.05) is 11.5 Å². The van der Waals surface area contributed by atoms with E-state index in [2.05, 4.69) is 5.16 Å². The van der Waals surface area contributed by atoms with Crippen molar-refractivity contribution in [1.29, 1.82) is 0 Å². The Hall–Kier alpha value is -3.75. The van der Waals surface area contributed by atoms with Crippen LogP contribution in [0.25, 0.3) is 11.0 Å². The number of ketones is 1. The fraction of sp³-hybridized carbons (Fsp3) is 0.125. The number of benzene rings is 2. The van der Waals surface area contributed by atoms with Crippen molar-refractivity contribution < 1.29 is 28.4 Å². The van der Waals surface area contributed by atoms with Crippen molar-refractivity contribution in [3.63, 3.8) is 0 Å². The van der Waals surface area contributed by atoms with Crippen molar-refractivity contribution in [2.45, 2.75) is 13.0 Å². The largest absolute Gasteiger partial charge is 0.503 e. The Morgan fingerprint density at radius 3 is 2.62 bits per heavy atom. The molecule has 1 aliphatic rings. The van der Waals surface area contributed by atoms with E-state index in [9.17, 15) is 14.7 Å². The molecular weight excluding hydrogens is 483 g/mol. The first-order chi connectivity index (χ1) is 16.3. The highest BCUT2D eigenvalue weighted by atomic mass is 35.5. The molecular formula is C24H16Cl2N2O6. The number of hydrogen-bond acceptors (Lipinski definition) is 7. The van der Waals surface area contributed by atoms with Crippen molar-refractivity contribution in [2.75, 3.05) is 12.0 Å². The number of anilines is 1. The molecule has 0 radical (unpaired) electrons. The molecule has 1 unspecified atom stereocenters. The van der Waals surface area contributed by atoms with E-state index in [-0.39, 0.29) is 22.2 Å². The maximum atomic E-state index is 13.7. The minimum atomic E-state index is -1.06. The van der Waals surface area contributed by atoms with Crippen molar-refractivity contribution in [3.8, 4) is 5.75 Å². The molecule has 1 aliphatic heterocycles. The molecule has 0 aliphatic carbocycles. The number of aromatic nitrogens is 1. The Bertz CT molecular complexity index is 1500. The maximum absolute atomic E-state index is 13.7. The summed E-state index contributed by atoms with van der Waals surface area (Å²) >= 11 is 12.3. The summed E-state index contributed by atoms with van der Waals surface area (Å²) in [6, 6.07) is 11.9. The average Bonchev–Trinajstić information content (AvgIpc) is 3.51. The summed E-state index contributed by atoms with van der Waals surface area (Å²) < 4.78 is 16.2. The van der Waals surface area contributed by atoms with E-state index in [1.807, 2.05) is 0 Å². The summed E-state index contributed by atoms with van der Waals surface area (Å²) in [7, 11) is 1.49. The summed E-state index contributed by atoms with van der Waals surface area (Å²) in [5.41, 5.74) is 0.611. The number of methoxy groups -OCH3 is 1. The highest BCUT2D eigenvalue weighted by Crippen LogP contribution is 2.43. The van der Waals surface area contributed by atoms with E-state index >= 15 is 0 Å². The number of rotatable bonds is 5.